The van der Waals surface area contributed by atoms with Gasteiger partial charge in [0.2, 0.25) is 0 Å². The lowest BCUT2D eigenvalue weighted by Gasteiger charge is -2.37. The molecule has 0 aromatic heterocycles. The van der Waals surface area contributed by atoms with Crippen molar-refractivity contribution in [2.45, 2.75) is 52.1 Å². The van der Waals surface area contributed by atoms with Crippen molar-refractivity contribution in [1.82, 2.24) is 10.2 Å². The van der Waals surface area contributed by atoms with Crippen LogP contribution >= 0.6 is 0 Å². The van der Waals surface area contributed by atoms with Gasteiger partial charge in [-0.15, -0.1) is 0 Å². The van der Waals surface area contributed by atoms with E-state index in [-0.39, 0.29) is 0 Å². The number of hydrogen-bond acceptors (Lipinski definition) is 2. The summed E-state index contributed by atoms with van der Waals surface area (Å²) < 4.78 is 0. The van der Waals surface area contributed by atoms with Crippen LogP contribution in [-0.4, -0.2) is 36.6 Å². The van der Waals surface area contributed by atoms with Gasteiger partial charge in [0.25, 0.3) is 0 Å². The van der Waals surface area contributed by atoms with Crippen LogP contribution in [0.3, 0.4) is 0 Å². The molecule has 2 heteroatoms. The van der Waals surface area contributed by atoms with E-state index in [0.717, 1.165) is 23.9 Å². The zero-order valence-corrected chi connectivity index (χ0v) is 10.5. The predicted octanol–water partition coefficient (Wildman–Crippen LogP) is 2.10. The normalized spacial score (nSPS) is 38.8. The van der Waals surface area contributed by atoms with E-state index in [9.17, 15) is 0 Å². The monoisotopic (exact) mass is 210 g/mol. The first-order chi connectivity index (χ1) is 7.16. The second kappa shape index (κ2) is 4.84. The van der Waals surface area contributed by atoms with Crippen LogP contribution in [0.5, 0.6) is 0 Å². The summed E-state index contributed by atoms with van der Waals surface area (Å²) in [6.07, 6.45) is 4.27. The lowest BCUT2D eigenvalue weighted by molar-refractivity contribution is 0.112. The maximum atomic E-state index is 3.59. The lowest BCUT2D eigenvalue weighted by atomic mass is 9.84. The maximum Gasteiger partial charge on any atom is 0.00420 e. The molecule has 88 valence electrons. The molecule has 2 nitrogen and oxygen atoms in total. The van der Waals surface area contributed by atoms with Gasteiger partial charge in [0.05, 0.1) is 0 Å². The van der Waals surface area contributed by atoms with Crippen LogP contribution < -0.4 is 5.32 Å². The van der Waals surface area contributed by atoms with E-state index < -0.39 is 0 Å². The minimum Gasteiger partial charge on any atom is -0.314 e. The van der Waals surface area contributed by atoms with Crippen LogP contribution in [0.4, 0.5) is 0 Å². The van der Waals surface area contributed by atoms with Crippen LogP contribution in [-0.2, 0) is 0 Å². The van der Waals surface area contributed by atoms with E-state index in [1.54, 1.807) is 0 Å². The van der Waals surface area contributed by atoms with Crippen LogP contribution in [0.25, 0.3) is 0 Å². The highest BCUT2D eigenvalue weighted by Crippen LogP contribution is 2.30. The maximum absolute atomic E-state index is 3.59. The average Bonchev–Trinajstić information content (AvgIpc) is 2.65. The van der Waals surface area contributed by atoms with Gasteiger partial charge in [0, 0.05) is 18.6 Å². The van der Waals surface area contributed by atoms with E-state index in [1.165, 1.54) is 38.9 Å². The molecule has 2 heterocycles. The van der Waals surface area contributed by atoms with E-state index in [4.69, 9.17) is 0 Å². The number of piperidine rings is 1. The zero-order valence-electron chi connectivity index (χ0n) is 10.5. The number of likely N-dealkylation sites (tertiary alicyclic amines) is 1. The fourth-order valence-corrected chi connectivity index (χ4v) is 3.23. The lowest BCUT2D eigenvalue weighted by Crippen LogP contribution is -2.42. The Morgan fingerprint density at radius 1 is 1.27 bits per heavy atom. The molecular formula is C13H26N2. The van der Waals surface area contributed by atoms with Gasteiger partial charge in [0.1, 0.15) is 0 Å². The predicted molar refractivity (Wildman–Crippen MR) is 65.0 cm³/mol. The highest BCUT2D eigenvalue weighted by molar-refractivity contribution is 4.87. The molecule has 0 aromatic carbocycles. The summed E-state index contributed by atoms with van der Waals surface area (Å²) in [4.78, 5) is 2.66. The average molecular weight is 210 g/mol. The molecule has 2 saturated heterocycles. The molecule has 3 atom stereocenters. The van der Waals surface area contributed by atoms with Crippen molar-refractivity contribution >= 4 is 0 Å². The largest absolute Gasteiger partial charge is 0.314 e. The molecule has 2 aliphatic heterocycles. The Morgan fingerprint density at radius 2 is 2.07 bits per heavy atom. The Balaban J connectivity index is 1.87. The quantitative estimate of drug-likeness (QED) is 0.751. The Bertz CT molecular complexity index is 203. The van der Waals surface area contributed by atoms with Gasteiger partial charge >= 0.3 is 0 Å². The van der Waals surface area contributed by atoms with Crippen LogP contribution in [0, 0.1) is 11.8 Å². The first-order valence-electron chi connectivity index (χ1n) is 6.64. The van der Waals surface area contributed by atoms with Crippen molar-refractivity contribution in [2.24, 2.45) is 11.8 Å². The summed E-state index contributed by atoms with van der Waals surface area (Å²) in [6.45, 7) is 10.9. The van der Waals surface area contributed by atoms with Crippen molar-refractivity contribution in [3.63, 3.8) is 0 Å². The molecule has 0 aromatic rings. The third-order valence-electron chi connectivity index (χ3n) is 4.27. The topological polar surface area (TPSA) is 15.3 Å². The van der Waals surface area contributed by atoms with E-state index >= 15 is 0 Å². The van der Waals surface area contributed by atoms with Crippen LogP contribution in [0.2, 0.25) is 0 Å². The first kappa shape index (κ1) is 11.4. The number of nitrogens with one attached hydrogen (secondary N) is 1. The molecular weight excluding hydrogens is 184 g/mol. The van der Waals surface area contributed by atoms with E-state index in [2.05, 4.69) is 31.0 Å². The van der Waals surface area contributed by atoms with Gasteiger partial charge in [-0.3, -0.25) is 0 Å². The van der Waals surface area contributed by atoms with E-state index in [1.807, 2.05) is 0 Å². The second-order valence-electron chi connectivity index (χ2n) is 5.80. The standard InChI is InChI=1S/C13H26N2/c1-10(2)15-6-4-5-12(9-15)13-7-11(3)14-8-13/h10-14H,4-9H2,1-3H3. The zero-order chi connectivity index (χ0) is 10.8. The summed E-state index contributed by atoms with van der Waals surface area (Å²) >= 11 is 0. The summed E-state index contributed by atoms with van der Waals surface area (Å²) in [6, 6.07) is 1.49. The number of rotatable bonds is 2. The van der Waals surface area contributed by atoms with Crippen molar-refractivity contribution in [2.75, 3.05) is 19.6 Å². The summed E-state index contributed by atoms with van der Waals surface area (Å²) in [5, 5.41) is 3.59. The molecule has 15 heavy (non-hydrogen) atoms. The summed E-state index contributed by atoms with van der Waals surface area (Å²) in [5.74, 6) is 1.90. The molecule has 0 bridgehead atoms. The van der Waals surface area contributed by atoms with Crippen LogP contribution in [0.1, 0.15) is 40.0 Å². The minimum absolute atomic E-state index is 0.736. The summed E-state index contributed by atoms with van der Waals surface area (Å²) in [5.41, 5.74) is 0. The van der Waals surface area contributed by atoms with Gasteiger partial charge in [-0.1, -0.05) is 0 Å². The highest BCUT2D eigenvalue weighted by Gasteiger charge is 2.31. The van der Waals surface area contributed by atoms with Crippen molar-refractivity contribution < 1.29 is 0 Å². The van der Waals surface area contributed by atoms with E-state index in [0.29, 0.717) is 0 Å². The smallest absolute Gasteiger partial charge is 0.00420 e. The highest BCUT2D eigenvalue weighted by atomic mass is 15.2. The van der Waals surface area contributed by atoms with Gasteiger partial charge in [-0.05, 0) is 65.0 Å². The minimum atomic E-state index is 0.736. The second-order valence-corrected chi connectivity index (χ2v) is 5.80. The van der Waals surface area contributed by atoms with Crippen LogP contribution in [0.15, 0.2) is 0 Å². The molecule has 2 fully saturated rings. The van der Waals surface area contributed by atoms with Crippen molar-refractivity contribution in [3.05, 3.63) is 0 Å². The van der Waals surface area contributed by atoms with Gasteiger partial charge in [0.15, 0.2) is 0 Å². The molecule has 0 radical (unpaired) electrons. The Hall–Kier alpha value is -0.0800. The van der Waals surface area contributed by atoms with Gasteiger partial charge < -0.3 is 10.2 Å². The van der Waals surface area contributed by atoms with Crippen molar-refractivity contribution in [3.8, 4) is 0 Å². The molecule has 0 amide bonds. The molecule has 2 rings (SSSR count). The molecule has 0 aliphatic carbocycles. The molecule has 0 spiro atoms. The Morgan fingerprint density at radius 3 is 2.67 bits per heavy atom. The SMILES string of the molecule is CC1CC(C2CCCN(C(C)C)C2)CN1. The molecule has 3 unspecified atom stereocenters. The Kier molecular flexibility index (Phi) is 3.68. The first-order valence-corrected chi connectivity index (χ1v) is 6.64. The number of nitrogens with zero attached hydrogens (tertiary/aromatic N) is 1. The molecule has 0 saturated carbocycles. The molecule has 2 aliphatic rings. The third kappa shape index (κ3) is 2.73. The third-order valence-corrected chi connectivity index (χ3v) is 4.27. The molecule has 1 N–H and O–H groups in total. The van der Waals surface area contributed by atoms with Crippen molar-refractivity contribution in [1.29, 1.82) is 0 Å². The Labute approximate surface area is 94.4 Å². The fraction of sp³-hybridized carbons (Fsp3) is 1.00. The fourth-order valence-electron chi connectivity index (χ4n) is 3.23. The van der Waals surface area contributed by atoms with Gasteiger partial charge in [-0.25, -0.2) is 0 Å². The van der Waals surface area contributed by atoms with Gasteiger partial charge in [-0.2, -0.15) is 0 Å². The summed E-state index contributed by atoms with van der Waals surface area (Å²) in [7, 11) is 0. The number of hydrogen-bond donors (Lipinski definition) is 1.